The molecule has 0 bridgehead atoms. The van der Waals surface area contributed by atoms with Crippen LogP contribution in [0.5, 0.6) is 0 Å². The molecule has 1 aromatic heterocycles. The molecule has 4 rings (SSSR count). The van der Waals surface area contributed by atoms with Gasteiger partial charge in [0.15, 0.2) is 5.16 Å². The molecular formula is C18H24N6O3S. The zero-order valence-electron chi connectivity index (χ0n) is 15.6. The fourth-order valence-corrected chi connectivity index (χ4v) is 4.60. The third kappa shape index (κ3) is 3.52. The van der Waals surface area contributed by atoms with E-state index in [4.69, 9.17) is 0 Å². The molecule has 2 N–H and O–H groups in total. The third-order valence-corrected chi connectivity index (χ3v) is 6.40. The lowest BCUT2D eigenvalue weighted by Gasteiger charge is -2.30. The Hall–Kier alpha value is -2.36. The number of nitrogens with zero attached hydrogens (tertiary/aromatic N) is 4. The molecule has 10 heteroatoms. The van der Waals surface area contributed by atoms with Gasteiger partial charge in [-0.15, -0.1) is 16.8 Å². The van der Waals surface area contributed by atoms with Crippen LogP contribution in [-0.2, 0) is 16.1 Å². The Balaban J connectivity index is 1.37. The van der Waals surface area contributed by atoms with Gasteiger partial charge in [-0.05, 0) is 25.7 Å². The van der Waals surface area contributed by atoms with Crippen LogP contribution in [0, 0.1) is 0 Å². The molecule has 0 unspecified atom stereocenters. The summed E-state index contributed by atoms with van der Waals surface area (Å²) < 4.78 is 1.97. The number of allylic oxidation sites excluding steroid dienone is 1. The van der Waals surface area contributed by atoms with E-state index < -0.39 is 17.5 Å². The number of rotatable bonds is 7. The lowest BCUT2D eigenvalue weighted by molar-refractivity contribution is -0.139. The SMILES string of the molecule is C=CCn1c(SCC(=O)NN2C(=O)NC3(CCCCC3)C2=O)nnc1C1CC1. The van der Waals surface area contributed by atoms with Gasteiger partial charge in [0, 0.05) is 12.5 Å². The fourth-order valence-electron chi connectivity index (χ4n) is 3.85. The molecule has 1 spiro atoms. The van der Waals surface area contributed by atoms with Gasteiger partial charge in [-0.1, -0.05) is 37.1 Å². The van der Waals surface area contributed by atoms with Gasteiger partial charge in [-0.25, -0.2) is 4.79 Å². The quantitative estimate of drug-likeness (QED) is 0.407. The van der Waals surface area contributed by atoms with Crippen LogP contribution >= 0.6 is 11.8 Å². The molecule has 9 nitrogen and oxygen atoms in total. The van der Waals surface area contributed by atoms with E-state index in [2.05, 4.69) is 27.5 Å². The molecule has 0 atom stereocenters. The second-order valence-corrected chi connectivity index (χ2v) is 8.49. The van der Waals surface area contributed by atoms with E-state index in [1.165, 1.54) is 11.8 Å². The molecule has 2 heterocycles. The Morgan fingerprint density at radius 1 is 1.29 bits per heavy atom. The number of hydrazine groups is 1. The summed E-state index contributed by atoms with van der Waals surface area (Å²) in [7, 11) is 0. The molecule has 1 aromatic rings. The molecule has 2 aliphatic carbocycles. The standard InChI is InChI=1S/C18H24N6O3S/c1-2-10-23-14(12-6-7-12)20-21-17(23)28-11-13(25)22-24-15(26)18(19-16(24)27)8-4-3-5-9-18/h2,12H,1,3-11H2,(H,19,27)(H,22,25). The van der Waals surface area contributed by atoms with Gasteiger partial charge in [-0.3, -0.25) is 15.0 Å². The van der Waals surface area contributed by atoms with Crippen molar-refractivity contribution in [3.05, 3.63) is 18.5 Å². The van der Waals surface area contributed by atoms with Gasteiger partial charge in [0.25, 0.3) is 5.91 Å². The van der Waals surface area contributed by atoms with Crippen LogP contribution in [0.3, 0.4) is 0 Å². The average molecular weight is 404 g/mol. The maximum atomic E-state index is 12.7. The number of thioether (sulfide) groups is 1. The van der Waals surface area contributed by atoms with Crippen LogP contribution in [0.25, 0.3) is 0 Å². The minimum atomic E-state index is -0.848. The van der Waals surface area contributed by atoms with Gasteiger partial charge < -0.3 is 9.88 Å². The van der Waals surface area contributed by atoms with Crippen molar-refractivity contribution in [3.8, 4) is 0 Å². The zero-order valence-corrected chi connectivity index (χ0v) is 16.5. The average Bonchev–Trinajstić information content (AvgIpc) is 3.42. The number of urea groups is 1. The van der Waals surface area contributed by atoms with Gasteiger partial charge in [0.2, 0.25) is 5.91 Å². The van der Waals surface area contributed by atoms with Crippen molar-refractivity contribution >= 4 is 29.6 Å². The smallest absolute Gasteiger partial charge is 0.322 e. The summed E-state index contributed by atoms with van der Waals surface area (Å²) >= 11 is 1.23. The van der Waals surface area contributed by atoms with E-state index in [-0.39, 0.29) is 11.7 Å². The maximum Gasteiger partial charge on any atom is 0.344 e. The lowest BCUT2D eigenvalue weighted by atomic mass is 9.82. The monoisotopic (exact) mass is 404 g/mol. The van der Waals surface area contributed by atoms with E-state index in [0.717, 1.165) is 42.9 Å². The Morgan fingerprint density at radius 2 is 2.04 bits per heavy atom. The van der Waals surface area contributed by atoms with Crippen LogP contribution in [0.2, 0.25) is 0 Å². The van der Waals surface area contributed by atoms with Crippen molar-refractivity contribution in [3.63, 3.8) is 0 Å². The first-order chi connectivity index (χ1) is 13.5. The summed E-state index contributed by atoms with van der Waals surface area (Å²) in [5.74, 6) is 0.609. The molecule has 0 aromatic carbocycles. The molecular weight excluding hydrogens is 380 g/mol. The molecule has 150 valence electrons. The second kappa shape index (κ2) is 7.57. The van der Waals surface area contributed by atoms with E-state index in [9.17, 15) is 14.4 Å². The predicted molar refractivity (Wildman–Crippen MR) is 102 cm³/mol. The predicted octanol–water partition coefficient (Wildman–Crippen LogP) is 1.72. The summed E-state index contributed by atoms with van der Waals surface area (Å²) in [4.78, 5) is 37.3. The van der Waals surface area contributed by atoms with Gasteiger partial charge in [0.1, 0.15) is 11.4 Å². The van der Waals surface area contributed by atoms with E-state index in [1.54, 1.807) is 6.08 Å². The molecule has 28 heavy (non-hydrogen) atoms. The highest BCUT2D eigenvalue weighted by molar-refractivity contribution is 7.99. The van der Waals surface area contributed by atoms with Crippen LogP contribution in [-0.4, -0.2) is 48.9 Å². The number of imide groups is 1. The van der Waals surface area contributed by atoms with Crippen molar-refractivity contribution < 1.29 is 14.4 Å². The molecule has 3 fully saturated rings. The number of nitrogens with one attached hydrogen (secondary N) is 2. The van der Waals surface area contributed by atoms with Crippen molar-refractivity contribution in [2.45, 2.75) is 68.1 Å². The Bertz CT molecular complexity index is 812. The molecule has 1 saturated heterocycles. The van der Waals surface area contributed by atoms with Crippen LogP contribution in [0.15, 0.2) is 17.8 Å². The van der Waals surface area contributed by atoms with Crippen molar-refractivity contribution in [2.24, 2.45) is 0 Å². The van der Waals surface area contributed by atoms with Crippen molar-refractivity contribution in [1.82, 2.24) is 30.5 Å². The summed E-state index contributed by atoms with van der Waals surface area (Å²) in [6.45, 7) is 4.35. The Kier molecular flexibility index (Phi) is 5.13. The van der Waals surface area contributed by atoms with Gasteiger partial charge in [-0.2, -0.15) is 5.01 Å². The number of hydrogen-bond donors (Lipinski definition) is 2. The zero-order chi connectivity index (χ0) is 19.7. The Morgan fingerprint density at radius 3 is 2.71 bits per heavy atom. The maximum absolute atomic E-state index is 12.7. The number of carbonyl (C=O) groups excluding carboxylic acids is 3. The van der Waals surface area contributed by atoms with E-state index >= 15 is 0 Å². The first-order valence-electron chi connectivity index (χ1n) is 9.67. The van der Waals surface area contributed by atoms with Crippen LogP contribution < -0.4 is 10.7 Å². The summed E-state index contributed by atoms with van der Waals surface area (Å²) in [5.41, 5.74) is 1.60. The number of hydrogen-bond acceptors (Lipinski definition) is 6. The summed E-state index contributed by atoms with van der Waals surface area (Å²) in [5, 5.41) is 12.7. The van der Waals surface area contributed by atoms with Crippen molar-refractivity contribution in [2.75, 3.05) is 5.75 Å². The minimum Gasteiger partial charge on any atom is -0.322 e. The summed E-state index contributed by atoms with van der Waals surface area (Å²) in [6.07, 6.45) is 8.07. The number of aromatic nitrogens is 3. The van der Waals surface area contributed by atoms with Crippen LogP contribution in [0.4, 0.5) is 4.79 Å². The summed E-state index contributed by atoms with van der Waals surface area (Å²) in [6, 6.07) is -0.559. The molecule has 1 aliphatic heterocycles. The largest absolute Gasteiger partial charge is 0.344 e. The topological polar surface area (TPSA) is 109 Å². The van der Waals surface area contributed by atoms with Crippen LogP contribution in [0.1, 0.15) is 56.7 Å². The van der Waals surface area contributed by atoms with Crippen molar-refractivity contribution in [1.29, 1.82) is 0 Å². The number of carbonyl (C=O) groups is 3. The highest BCUT2D eigenvalue weighted by Crippen LogP contribution is 2.40. The highest BCUT2D eigenvalue weighted by Gasteiger charge is 2.52. The van der Waals surface area contributed by atoms with E-state index in [0.29, 0.717) is 30.5 Å². The molecule has 0 radical (unpaired) electrons. The Labute approximate surface area is 167 Å². The lowest BCUT2D eigenvalue weighted by Crippen LogP contribution is -2.51. The molecule has 4 amide bonds. The van der Waals surface area contributed by atoms with E-state index in [1.807, 2.05) is 4.57 Å². The second-order valence-electron chi connectivity index (χ2n) is 7.55. The first kappa shape index (κ1) is 19.0. The minimum absolute atomic E-state index is 0.0317. The number of amides is 4. The van der Waals surface area contributed by atoms with Gasteiger partial charge >= 0.3 is 6.03 Å². The normalized spacial score (nSPS) is 21.1. The first-order valence-corrected chi connectivity index (χ1v) is 10.7. The molecule has 3 aliphatic rings. The fraction of sp³-hybridized carbons (Fsp3) is 0.611. The third-order valence-electron chi connectivity index (χ3n) is 5.44. The molecule has 2 saturated carbocycles. The highest BCUT2D eigenvalue weighted by atomic mass is 32.2. The van der Waals surface area contributed by atoms with Gasteiger partial charge in [0.05, 0.1) is 5.75 Å².